The van der Waals surface area contributed by atoms with Crippen molar-refractivity contribution in [3.8, 4) is 11.5 Å². The van der Waals surface area contributed by atoms with Crippen LogP contribution < -0.4 is 4.74 Å². The summed E-state index contributed by atoms with van der Waals surface area (Å²) in [6, 6.07) is 14.5. The lowest BCUT2D eigenvalue weighted by Gasteiger charge is -2.24. The lowest BCUT2D eigenvalue weighted by molar-refractivity contribution is 0.0285. The molecule has 0 aliphatic carbocycles. The zero-order chi connectivity index (χ0) is 18.4. The third-order valence-electron chi connectivity index (χ3n) is 3.25. The zero-order valence-corrected chi connectivity index (χ0v) is 14.9. The maximum absolute atomic E-state index is 12.0. The fraction of sp³-hybridized carbons (Fsp3) is 0.300. The van der Waals surface area contributed by atoms with Crippen LogP contribution in [0.2, 0.25) is 0 Å². The smallest absolute Gasteiger partial charge is 0.410 e. The van der Waals surface area contributed by atoms with Gasteiger partial charge in [0, 0.05) is 13.6 Å². The minimum Gasteiger partial charge on any atom is -0.457 e. The van der Waals surface area contributed by atoms with Crippen molar-refractivity contribution in [2.75, 3.05) is 7.05 Å². The molecule has 0 aliphatic rings. The van der Waals surface area contributed by atoms with E-state index in [1.54, 1.807) is 31.3 Å². The van der Waals surface area contributed by atoms with Crippen molar-refractivity contribution >= 4 is 11.8 Å². The van der Waals surface area contributed by atoms with Gasteiger partial charge in [0.05, 0.1) is 6.57 Å². The molecular weight excluding hydrogens is 316 g/mol. The van der Waals surface area contributed by atoms with E-state index in [0.717, 1.165) is 5.56 Å². The number of rotatable bonds is 4. The Hall–Kier alpha value is -3.00. The molecule has 2 aromatic rings. The summed E-state index contributed by atoms with van der Waals surface area (Å²) >= 11 is 0. The third-order valence-corrected chi connectivity index (χ3v) is 3.25. The maximum Gasteiger partial charge on any atom is 0.410 e. The van der Waals surface area contributed by atoms with Crippen molar-refractivity contribution in [2.45, 2.75) is 32.9 Å². The molecule has 0 bridgehead atoms. The first-order valence-electron chi connectivity index (χ1n) is 7.95. The van der Waals surface area contributed by atoms with Crippen LogP contribution in [0.15, 0.2) is 48.5 Å². The number of hydrogen-bond donors (Lipinski definition) is 0. The Morgan fingerprint density at radius 1 is 1.04 bits per heavy atom. The van der Waals surface area contributed by atoms with Crippen LogP contribution in [0.1, 0.15) is 26.3 Å². The molecule has 2 aromatic carbocycles. The fourth-order valence-electron chi connectivity index (χ4n) is 2.07. The van der Waals surface area contributed by atoms with E-state index >= 15 is 0 Å². The molecule has 0 heterocycles. The van der Waals surface area contributed by atoms with Crippen LogP contribution in [0, 0.1) is 6.57 Å². The van der Waals surface area contributed by atoms with Crippen LogP contribution in [0.4, 0.5) is 10.5 Å². The largest absolute Gasteiger partial charge is 0.457 e. The van der Waals surface area contributed by atoms with E-state index < -0.39 is 5.60 Å². The Morgan fingerprint density at radius 2 is 1.56 bits per heavy atom. The Kier molecular flexibility index (Phi) is 5.66. The first-order valence-corrected chi connectivity index (χ1v) is 7.95. The van der Waals surface area contributed by atoms with Crippen LogP contribution in [-0.4, -0.2) is 23.6 Å². The van der Waals surface area contributed by atoms with Crippen molar-refractivity contribution in [1.29, 1.82) is 0 Å². The molecular formula is C20H22N2O3. The first kappa shape index (κ1) is 18.3. The van der Waals surface area contributed by atoms with Crippen LogP contribution in [0.5, 0.6) is 11.5 Å². The lowest BCUT2D eigenvalue weighted by atomic mass is 10.2. The molecule has 2 rings (SSSR count). The van der Waals surface area contributed by atoms with Gasteiger partial charge in [0.25, 0.3) is 0 Å². The normalized spacial score (nSPS) is 10.7. The molecule has 0 radical (unpaired) electrons. The molecule has 5 nitrogen and oxygen atoms in total. The van der Waals surface area contributed by atoms with E-state index in [-0.39, 0.29) is 6.09 Å². The molecule has 130 valence electrons. The minimum absolute atomic E-state index is 0.354. The van der Waals surface area contributed by atoms with Gasteiger partial charge in [-0.15, -0.1) is 0 Å². The summed E-state index contributed by atoms with van der Waals surface area (Å²) in [5.41, 5.74) is 1.04. The fourth-order valence-corrected chi connectivity index (χ4v) is 2.07. The number of hydrogen-bond acceptors (Lipinski definition) is 3. The average Bonchev–Trinajstić information content (AvgIpc) is 2.56. The lowest BCUT2D eigenvalue weighted by Crippen LogP contribution is -2.33. The summed E-state index contributed by atoms with van der Waals surface area (Å²) in [5.74, 6) is 1.37. The van der Waals surface area contributed by atoms with Crippen LogP contribution in [0.25, 0.3) is 4.85 Å². The van der Waals surface area contributed by atoms with E-state index in [1.807, 2.05) is 45.0 Å². The summed E-state index contributed by atoms with van der Waals surface area (Å²) in [4.78, 5) is 16.9. The van der Waals surface area contributed by atoms with Crippen molar-refractivity contribution in [2.24, 2.45) is 0 Å². The van der Waals surface area contributed by atoms with Gasteiger partial charge in [0.15, 0.2) is 5.69 Å². The standard InChI is InChI=1S/C20H22N2O3/c1-20(2,3)25-19(23)22(5)14-15-6-10-17(11-7-15)24-18-12-8-16(21-4)9-13-18/h6-13H,14H2,1-3,5H3. The molecule has 0 fully saturated rings. The van der Waals surface area contributed by atoms with E-state index in [1.165, 1.54) is 4.90 Å². The number of benzene rings is 2. The molecule has 0 saturated carbocycles. The van der Waals surface area contributed by atoms with E-state index in [9.17, 15) is 4.79 Å². The molecule has 1 amide bonds. The predicted molar refractivity (Wildman–Crippen MR) is 96.9 cm³/mol. The number of ether oxygens (including phenoxy) is 2. The monoisotopic (exact) mass is 338 g/mol. The van der Waals surface area contributed by atoms with E-state index in [0.29, 0.717) is 23.7 Å². The van der Waals surface area contributed by atoms with Crippen molar-refractivity contribution in [3.05, 3.63) is 65.5 Å². The highest BCUT2D eigenvalue weighted by atomic mass is 16.6. The van der Waals surface area contributed by atoms with Gasteiger partial charge < -0.3 is 14.4 Å². The number of amides is 1. The zero-order valence-electron chi connectivity index (χ0n) is 14.9. The molecule has 0 aromatic heterocycles. The highest BCUT2D eigenvalue weighted by molar-refractivity contribution is 5.67. The second-order valence-corrected chi connectivity index (χ2v) is 6.69. The van der Waals surface area contributed by atoms with E-state index in [2.05, 4.69) is 4.85 Å². The quantitative estimate of drug-likeness (QED) is 0.701. The number of carbonyl (C=O) groups excluding carboxylic acids is 1. The third kappa shape index (κ3) is 5.85. The van der Waals surface area contributed by atoms with Crippen molar-refractivity contribution in [3.63, 3.8) is 0 Å². The van der Waals surface area contributed by atoms with Gasteiger partial charge in [-0.2, -0.15) is 0 Å². The van der Waals surface area contributed by atoms with E-state index in [4.69, 9.17) is 16.0 Å². The Morgan fingerprint density at radius 3 is 2.04 bits per heavy atom. The second-order valence-electron chi connectivity index (χ2n) is 6.69. The van der Waals surface area contributed by atoms with Crippen LogP contribution in [0.3, 0.4) is 0 Å². The molecule has 25 heavy (non-hydrogen) atoms. The molecule has 0 spiro atoms. The van der Waals surface area contributed by atoms with Crippen LogP contribution >= 0.6 is 0 Å². The van der Waals surface area contributed by atoms with Gasteiger partial charge in [-0.3, -0.25) is 0 Å². The highest BCUT2D eigenvalue weighted by Crippen LogP contribution is 2.24. The molecule has 5 heteroatoms. The molecule has 0 unspecified atom stereocenters. The predicted octanol–water partition coefficient (Wildman–Crippen LogP) is 5.40. The SMILES string of the molecule is [C-]#[N+]c1ccc(Oc2ccc(CN(C)C(=O)OC(C)(C)C)cc2)cc1. The highest BCUT2D eigenvalue weighted by Gasteiger charge is 2.19. The number of carbonyl (C=O) groups is 1. The summed E-state index contributed by atoms with van der Waals surface area (Å²) < 4.78 is 11.1. The average molecular weight is 338 g/mol. The Labute approximate surface area is 148 Å². The second kappa shape index (κ2) is 7.71. The van der Waals surface area contributed by atoms with Gasteiger partial charge in [0.2, 0.25) is 0 Å². The van der Waals surface area contributed by atoms with Gasteiger partial charge in [0.1, 0.15) is 17.1 Å². The summed E-state index contributed by atoms with van der Waals surface area (Å²) in [6.07, 6.45) is -0.354. The summed E-state index contributed by atoms with van der Waals surface area (Å²) in [7, 11) is 1.71. The topological polar surface area (TPSA) is 43.1 Å². The molecule has 0 atom stereocenters. The molecule has 0 saturated heterocycles. The number of nitrogens with zero attached hydrogens (tertiary/aromatic N) is 2. The van der Waals surface area contributed by atoms with Gasteiger partial charge in [-0.1, -0.05) is 24.3 Å². The van der Waals surface area contributed by atoms with Gasteiger partial charge >= 0.3 is 6.09 Å². The first-order chi connectivity index (χ1) is 11.8. The Balaban J connectivity index is 1.95. The Bertz CT molecular complexity index is 754. The van der Waals surface area contributed by atoms with Crippen LogP contribution in [-0.2, 0) is 11.3 Å². The van der Waals surface area contributed by atoms with Gasteiger partial charge in [-0.25, -0.2) is 9.64 Å². The van der Waals surface area contributed by atoms with Crippen molar-refractivity contribution in [1.82, 2.24) is 4.90 Å². The van der Waals surface area contributed by atoms with Crippen molar-refractivity contribution < 1.29 is 14.3 Å². The molecule has 0 N–H and O–H groups in total. The maximum atomic E-state index is 12.0. The minimum atomic E-state index is -0.508. The molecule has 0 aliphatic heterocycles. The van der Waals surface area contributed by atoms with Gasteiger partial charge in [-0.05, 0) is 50.6 Å². The summed E-state index contributed by atoms with van der Waals surface area (Å²) in [5, 5.41) is 0. The summed E-state index contributed by atoms with van der Waals surface area (Å²) in [6.45, 7) is 12.9.